The molecular formula is C12H20N2O7. The second-order valence-corrected chi connectivity index (χ2v) is 4.29. The van der Waals surface area contributed by atoms with Crippen molar-refractivity contribution >= 4 is 23.8 Å². The van der Waals surface area contributed by atoms with E-state index in [0.29, 0.717) is 0 Å². The van der Waals surface area contributed by atoms with Crippen LogP contribution in [-0.4, -0.2) is 60.3 Å². The van der Waals surface area contributed by atoms with E-state index in [-0.39, 0.29) is 25.7 Å². The maximum Gasteiger partial charge on any atom is 0.326 e. The van der Waals surface area contributed by atoms with Crippen LogP contribution in [-0.2, 0) is 23.9 Å². The van der Waals surface area contributed by atoms with Gasteiger partial charge in [-0.15, -0.1) is 0 Å². The largest absolute Gasteiger partial charge is 0.480 e. The Labute approximate surface area is 121 Å². The molecule has 0 saturated heterocycles. The normalized spacial score (nSPS) is 13.0. The topological polar surface area (TPSA) is 142 Å². The molecule has 0 radical (unpaired) electrons. The molecule has 0 aromatic rings. The number of ether oxygens (including phenoxy) is 1. The molecule has 0 aliphatic rings. The van der Waals surface area contributed by atoms with Crippen molar-refractivity contribution in [2.24, 2.45) is 0 Å². The fourth-order valence-electron chi connectivity index (χ4n) is 1.55. The molecule has 1 amide bonds. The van der Waals surface area contributed by atoms with Gasteiger partial charge >= 0.3 is 17.9 Å². The zero-order valence-corrected chi connectivity index (χ0v) is 11.9. The summed E-state index contributed by atoms with van der Waals surface area (Å²) in [6, 6.07) is -2.09. The van der Waals surface area contributed by atoms with Gasteiger partial charge in [0.25, 0.3) is 0 Å². The summed E-state index contributed by atoms with van der Waals surface area (Å²) >= 11 is 0. The highest BCUT2D eigenvalue weighted by atomic mass is 16.5. The SMILES string of the molecule is CN[C@@H](CCC(=O)N[C@@H](CCC(=O)OC)C(=O)O)C(=O)O. The van der Waals surface area contributed by atoms with E-state index in [9.17, 15) is 19.2 Å². The molecule has 0 aliphatic carbocycles. The second-order valence-electron chi connectivity index (χ2n) is 4.29. The van der Waals surface area contributed by atoms with E-state index in [1.165, 1.54) is 14.2 Å². The van der Waals surface area contributed by atoms with Gasteiger partial charge in [0.05, 0.1) is 7.11 Å². The van der Waals surface area contributed by atoms with E-state index in [1.807, 2.05) is 0 Å². The van der Waals surface area contributed by atoms with Gasteiger partial charge in [0.2, 0.25) is 5.91 Å². The Balaban J connectivity index is 4.32. The number of likely N-dealkylation sites (N-methyl/N-ethyl adjacent to an activating group) is 1. The van der Waals surface area contributed by atoms with E-state index in [0.717, 1.165) is 0 Å². The second kappa shape index (κ2) is 9.70. The van der Waals surface area contributed by atoms with Crippen molar-refractivity contribution in [2.45, 2.75) is 37.8 Å². The summed E-state index contributed by atoms with van der Waals surface area (Å²) in [5.41, 5.74) is 0. The average Bonchev–Trinajstić information content (AvgIpc) is 2.42. The average molecular weight is 304 g/mol. The number of carboxylic acid groups (broad SMARTS) is 2. The third-order valence-corrected chi connectivity index (χ3v) is 2.80. The number of hydrogen-bond donors (Lipinski definition) is 4. The number of hydrogen-bond acceptors (Lipinski definition) is 6. The number of methoxy groups -OCH3 is 1. The first kappa shape index (κ1) is 18.8. The van der Waals surface area contributed by atoms with Gasteiger partial charge in [-0.05, 0) is 19.9 Å². The molecule has 0 fully saturated rings. The minimum atomic E-state index is -1.27. The predicted molar refractivity (Wildman–Crippen MR) is 70.5 cm³/mol. The number of nitrogens with one attached hydrogen (secondary N) is 2. The van der Waals surface area contributed by atoms with Crippen LogP contribution in [0.5, 0.6) is 0 Å². The van der Waals surface area contributed by atoms with Crippen LogP contribution >= 0.6 is 0 Å². The van der Waals surface area contributed by atoms with Gasteiger partial charge in [-0.2, -0.15) is 0 Å². The molecule has 0 spiro atoms. The van der Waals surface area contributed by atoms with Crippen LogP contribution in [0.25, 0.3) is 0 Å². The fourth-order valence-corrected chi connectivity index (χ4v) is 1.55. The lowest BCUT2D eigenvalue weighted by Crippen LogP contribution is -2.42. The van der Waals surface area contributed by atoms with Crippen molar-refractivity contribution in [3.8, 4) is 0 Å². The van der Waals surface area contributed by atoms with Crippen molar-refractivity contribution in [1.82, 2.24) is 10.6 Å². The smallest absolute Gasteiger partial charge is 0.326 e. The van der Waals surface area contributed by atoms with E-state index in [2.05, 4.69) is 15.4 Å². The lowest BCUT2D eigenvalue weighted by atomic mass is 10.1. The lowest BCUT2D eigenvalue weighted by Gasteiger charge is -2.15. The monoisotopic (exact) mass is 304 g/mol. The van der Waals surface area contributed by atoms with E-state index in [4.69, 9.17) is 10.2 Å². The Kier molecular flexibility index (Phi) is 8.70. The Hall–Kier alpha value is -2.16. The van der Waals surface area contributed by atoms with Gasteiger partial charge in [0, 0.05) is 12.8 Å². The summed E-state index contributed by atoms with van der Waals surface area (Å²) in [5, 5.41) is 22.5. The van der Waals surface area contributed by atoms with Crippen LogP contribution in [0.15, 0.2) is 0 Å². The molecule has 0 saturated carbocycles. The van der Waals surface area contributed by atoms with Crippen molar-refractivity contribution < 1.29 is 34.1 Å². The molecule has 0 unspecified atom stereocenters. The first-order valence-electron chi connectivity index (χ1n) is 6.30. The summed E-state index contributed by atoms with van der Waals surface area (Å²) in [7, 11) is 2.63. The number of carbonyl (C=O) groups is 4. The maximum absolute atomic E-state index is 11.6. The summed E-state index contributed by atoms with van der Waals surface area (Å²) in [4.78, 5) is 44.3. The number of carboxylic acids is 2. The van der Waals surface area contributed by atoms with Crippen LogP contribution in [0.4, 0.5) is 0 Å². The van der Waals surface area contributed by atoms with Gasteiger partial charge in [0.15, 0.2) is 0 Å². The molecular weight excluding hydrogens is 284 g/mol. The summed E-state index contributed by atoms with van der Waals surface area (Å²) in [6.45, 7) is 0. The number of carbonyl (C=O) groups excluding carboxylic acids is 2. The molecule has 2 atom stereocenters. The first-order valence-corrected chi connectivity index (χ1v) is 6.30. The van der Waals surface area contributed by atoms with E-state index in [1.54, 1.807) is 0 Å². The highest BCUT2D eigenvalue weighted by Crippen LogP contribution is 2.02. The molecule has 9 heteroatoms. The Morgan fingerprint density at radius 2 is 1.52 bits per heavy atom. The third kappa shape index (κ3) is 7.88. The molecule has 4 N–H and O–H groups in total. The Bertz CT molecular complexity index is 397. The zero-order chi connectivity index (χ0) is 16.4. The molecule has 120 valence electrons. The number of aliphatic carboxylic acids is 2. The minimum absolute atomic E-state index is 0.0288. The predicted octanol–water partition coefficient (Wildman–Crippen LogP) is -1.04. The highest BCUT2D eigenvalue weighted by molar-refractivity contribution is 5.84. The van der Waals surface area contributed by atoms with Crippen molar-refractivity contribution in [3.05, 3.63) is 0 Å². The van der Waals surface area contributed by atoms with Crippen LogP contribution < -0.4 is 10.6 Å². The van der Waals surface area contributed by atoms with Gasteiger partial charge in [-0.3, -0.25) is 14.4 Å². The first-order chi connectivity index (χ1) is 9.81. The fraction of sp³-hybridized carbons (Fsp3) is 0.667. The van der Waals surface area contributed by atoms with Crippen molar-refractivity contribution in [2.75, 3.05) is 14.2 Å². The van der Waals surface area contributed by atoms with Crippen LogP contribution in [0, 0.1) is 0 Å². The number of esters is 1. The molecule has 0 aromatic carbocycles. The molecule has 21 heavy (non-hydrogen) atoms. The maximum atomic E-state index is 11.6. The minimum Gasteiger partial charge on any atom is -0.480 e. The van der Waals surface area contributed by atoms with Crippen molar-refractivity contribution in [3.63, 3.8) is 0 Å². The van der Waals surface area contributed by atoms with Crippen LogP contribution in [0.1, 0.15) is 25.7 Å². The zero-order valence-electron chi connectivity index (χ0n) is 11.9. The molecule has 0 aromatic heterocycles. The summed E-state index contributed by atoms with van der Waals surface area (Å²) in [6.07, 6.45) is -0.342. The van der Waals surface area contributed by atoms with Gasteiger partial charge in [-0.1, -0.05) is 0 Å². The lowest BCUT2D eigenvalue weighted by molar-refractivity contribution is -0.144. The van der Waals surface area contributed by atoms with E-state index >= 15 is 0 Å². The standard InChI is InChI=1S/C12H20N2O7/c1-13-7(11(17)18)3-5-9(15)14-8(12(19)20)4-6-10(16)21-2/h7-8,13H,3-6H2,1-2H3,(H,14,15)(H,17,18)(H,19,20)/t7-,8-/m0/s1. The molecule has 9 nitrogen and oxygen atoms in total. The Morgan fingerprint density at radius 3 is 1.95 bits per heavy atom. The molecule has 0 heterocycles. The van der Waals surface area contributed by atoms with Crippen molar-refractivity contribution in [1.29, 1.82) is 0 Å². The van der Waals surface area contributed by atoms with Gasteiger partial charge in [-0.25, -0.2) is 4.79 Å². The molecule has 0 bridgehead atoms. The van der Waals surface area contributed by atoms with Crippen LogP contribution in [0.3, 0.4) is 0 Å². The summed E-state index contributed by atoms with van der Waals surface area (Å²) < 4.78 is 4.39. The number of rotatable bonds is 10. The van der Waals surface area contributed by atoms with Gasteiger partial charge < -0.3 is 25.6 Å². The third-order valence-electron chi connectivity index (χ3n) is 2.80. The van der Waals surface area contributed by atoms with E-state index < -0.39 is 35.9 Å². The molecule has 0 aliphatic heterocycles. The quantitative estimate of drug-likeness (QED) is 0.375. The molecule has 0 rings (SSSR count). The van der Waals surface area contributed by atoms with Gasteiger partial charge in [0.1, 0.15) is 12.1 Å². The summed E-state index contributed by atoms with van der Waals surface area (Å²) in [5.74, 6) is -3.52. The highest BCUT2D eigenvalue weighted by Gasteiger charge is 2.22. The van der Waals surface area contributed by atoms with Crippen LogP contribution in [0.2, 0.25) is 0 Å². The number of amides is 1. The Morgan fingerprint density at radius 1 is 1.00 bits per heavy atom.